The predicted molar refractivity (Wildman–Crippen MR) is 90.6 cm³/mol. The van der Waals surface area contributed by atoms with Gasteiger partial charge in [-0.3, -0.25) is 4.79 Å². The summed E-state index contributed by atoms with van der Waals surface area (Å²) in [6, 6.07) is 6.08. The maximum absolute atomic E-state index is 12.9. The number of halogens is 1. The first-order valence-corrected chi connectivity index (χ1v) is 8.56. The van der Waals surface area contributed by atoms with E-state index in [1.54, 1.807) is 0 Å². The lowest BCUT2D eigenvalue weighted by Gasteiger charge is -2.33. The fraction of sp³-hybridized carbons (Fsp3) is 0.588. The number of rotatable bonds is 4. The van der Waals surface area contributed by atoms with Gasteiger partial charge in [-0.25, -0.2) is 0 Å². The van der Waals surface area contributed by atoms with E-state index in [0.29, 0.717) is 5.92 Å². The number of piperidine rings is 1. The standard InChI is InChI=1S/C17H25BrN2O/c1-12(2)20(11-14-7-9-19-10-8-14)17(21)15-5-4-6-16(18)13(15)3/h4-6,12,14,19H,7-11H2,1-3H3. The summed E-state index contributed by atoms with van der Waals surface area (Å²) in [5, 5.41) is 3.39. The van der Waals surface area contributed by atoms with E-state index in [2.05, 4.69) is 35.1 Å². The van der Waals surface area contributed by atoms with E-state index in [4.69, 9.17) is 0 Å². The van der Waals surface area contributed by atoms with Crippen LogP contribution in [0.15, 0.2) is 22.7 Å². The van der Waals surface area contributed by atoms with Crippen LogP contribution in [0, 0.1) is 12.8 Å². The molecule has 1 aromatic carbocycles. The van der Waals surface area contributed by atoms with Crippen molar-refractivity contribution >= 4 is 21.8 Å². The Morgan fingerprint density at radius 2 is 2.05 bits per heavy atom. The number of hydrogen-bond acceptors (Lipinski definition) is 2. The maximum Gasteiger partial charge on any atom is 0.254 e. The molecule has 1 aromatic rings. The molecule has 0 spiro atoms. The van der Waals surface area contributed by atoms with Crippen molar-refractivity contribution in [2.24, 2.45) is 5.92 Å². The molecule has 0 unspecified atom stereocenters. The first kappa shape index (κ1) is 16.5. The summed E-state index contributed by atoms with van der Waals surface area (Å²) in [6.07, 6.45) is 2.32. The highest BCUT2D eigenvalue weighted by Crippen LogP contribution is 2.23. The lowest BCUT2D eigenvalue weighted by atomic mass is 9.96. The van der Waals surface area contributed by atoms with E-state index < -0.39 is 0 Å². The van der Waals surface area contributed by atoms with Crippen LogP contribution in [0.5, 0.6) is 0 Å². The van der Waals surface area contributed by atoms with E-state index in [1.807, 2.05) is 30.0 Å². The Labute approximate surface area is 136 Å². The average molecular weight is 353 g/mol. The molecule has 3 nitrogen and oxygen atoms in total. The van der Waals surface area contributed by atoms with Gasteiger partial charge in [-0.15, -0.1) is 0 Å². The van der Waals surface area contributed by atoms with Gasteiger partial charge >= 0.3 is 0 Å². The second kappa shape index (κ2) is 7.41. The first-order chi connectivity index (χ1) is 10.0. The molecule has 1 heterocycles. The molecule has 1 saturated heterocycles. The Hall–Kier alpha value is -0.870. The van der Waals surface area contributed by atoms with Crippen LogP contribution in [0.2, 0.25) is 0 Å². The van der Waals surface area contributed by atoms with Crippen molar-refractivity contribution in [2.45, 2.75) is 39.7 Å². The summed E-state index contributed by atoms with van der Waals surface area (Å²) in [5.41, 5.74) is 1.84. The molecular formula is C17H25BrN2O. The van der Waals surface area contributed by atoms with Crippen LogP contribution in [0.25, 0.3) is 0 Å². The fourth-order valence-corrected chi connectivity index (χ4v) is 3.23. The third kappa shape index (κ3) is 4.07. The van der Waals surface area contributed by atoms with Gasteiger partial charge in [0.1, 0.15) is 0 Å². The van der Waals surface area contributed by atoms with Crippen molar-refractivity contribution in [1.29, 1.82) is 0 Å². The summed E-state index contributed by atoms with van der Waals surface area (Å²) >= 11 is 3.52. The van der Waals surface area contributed by atoms with Gasteiger partial charge in [0, 0.05) is 22.6 Å². The van der Waals surface area contributed by atoms with Gasteiger partial charge in [-0.1, -0.05) is 22.0 Å². The number of carbonyl (C=O) groups excluding carboxylic acids is 1. The Morgan fingerprint density at radius 1 is 1.38 bits per heavy atom. The van der Waals surface area contributed by atoms with Gasteiger partial charge in [-0.05, 0) is 70.3 Å². The topological polar surface area (TPSA) is 32.3 Å². The second-order valence-corrected chi connectivity index (χ2v) is 7.01. The molecule has 0 aliphatic carbocycles. The summed E-state index contributed by atoms with van der Waals surface area (Å²) in [5.74, 6) is 0.771. The van der Waals surface area contributed by atoms with Crippen LogP contribution < -0.4 is 5.32 Å². The van der Waals surface area contributed by atoms with Crippen LogP contribution in [-0.4, -0.2) is 36.5 Å². The van der Waals surface area contributed by atoms with Gasteiger partial charge in [-0.2, -0.15) is 0 Å². The molecule has 1 amide bonds. The SMILES string of the molecule is Cc1c(Br)cccc1C(=O)N(CC1CCNCC1)C(C)C. The van der Waals surface area contributed by atoms with Crippen LogP contribution in [0.3, 0.4) is 0 Å². The van der Waals surface area contributed by atoms with Crippen molar-refractivity contribution < 1.29 is 4.79 Å². The molecule has 1 aliphatic heterocycles. The monoisotopic (exact) mass is 352 g/mol. The molecule has 0 bridgehead atoms. The third-order valence-corrected chi connectivity index (χ3v) is 5.16. The Balaban J connectivity index is 2.17. The molecule has 0 saturated carbocycles. The molecule has 4 heteroatoms. The normalized spacial score (nSPS) is 16.2. The lowest BCUT2D eigenvalue weighted by molar-refractivity contribution is 0.0657. The second-order valence-electron chi connectivity index (χ2n) is 6.16. The molecule has 1 fully saturated rings. The highest BCUT2D eigenvalue weighted by Gasteiger charge is 2.25. The van der Waals surface area contributed by atoms with Gasteiger partial charge in [0.25, 0.3) is 5.91 Å². The van der Waals surface area contributed by atoms with Crippen LogP contribution in [-0.2, 0) is 0 Å². The van der Waals surface area contributed by atoms with E-state index in [-0.39, 0.29) is 11.9 Å². The van der Waals surface area contributed by atoms with E-state index in [1.165, 1.54) is 0 Å². The number of nitrogens with one attached hydrogen (secondary N) is 1. The van der Waals surface area contributed by atoms with Gasteiger partial charge < -0.3 is 10.2 Å². The molecule has 0 radical (unpaired) electrons. The molecule has 1 N–H and O–H groups in total. The largest absolute Gasteiger partial charge is 0.336 e. The average Bonchev–Trinajstić information content (AvgIpc) is 2.48. The maximum atomic E-state index is 12.9. The van der Waals surface area contributed by atoms with Gasteiger partial charge in [0.05, 0.1) is 0 Å². The van der Waals surface area contributed by atoms with Gasteiger partial charge in [0.2, 0.25) is 0 Å². The van der Waals surface area contributed by atoms with E-state index in [0.717, 1.165) is 48.1 Å². The Kier molecular flexibility index (Phi) is 5.82. The first-order valence-electron chi connectivity index (χ1n) is 7.77. The molecule has 0 atom stereocenters. The predicted octanol–water partition coefficient (Wildman–Crippen LogP) is 3.61. The van der Waals surface area contributed by atoms with E-state index >= 15 is 0 Å². The van der Waals surface area contributed by atoms with Crippen molar-refractivity contribution in [3.63, 3.8) is 0 Å². The zero-order valence-corrected chi connectivity index (χ0v) is 14.7. The van der Waals surface area contributed by atoms with E-state index in [9.17, 15) is 4.79 Å². The third-order valence-electron chi connectivity index (χ3n) is 4.30. The highest BCUT2D eigenvalue weighted by molar-refractivity contribution is 9.10. The van der Waals surface area contributed by atoms with Crippen molar-refractivity contribution in [2.75, 3.05) is 19.6 Å². The lowest BCUT2D eigenvalue weighted by Crippen LogP contribution is -2.43. The minimum Gasteiger partial charge on any atom is -0.336 e. The number of amides is 1. The zero-order valence-electron chi connectivity index (χ0n) is 13.2. The summed E-state index contributed by atoms with van der Waals surface area (Å²) in [7, 11) is 0. The highest BCUT2D eigenvalue weighted by atomic mass is 79.9. The number of carbonyl (C=O) groups is 1. The molecule has 116 valence electrons. The van der Waals surface area contributed by atoms with Crippen molar-refractivity contribution in [3.8, 4) is 0 Å². The number of benzene rings is 1. The van der Waals surface area contributed by atoms with Crippen LogP contribution >= 0.6 is 15.9 Å². The quantitative estimate of drug-likeness (QED) is 0.897. The van der Waals surface area contributed by atoms with Crippen LogP contribution in [0.4, 0.5) is 0 Å². The summed E-state index contributed by atoms with van der Waals surface area (Å²) in [6.45, 7) is 9.21. The Bertz CT molecular complexity index is 496. The molecule has 0 aromatic heterocycles. The molecule has 2 rings (SSSR count). The fourth-order valence-electron chi connectivity index (χ4n) is 2.86. The Morgan fingerprint density at radius 3 is 2.67 bits per heavy atom. The number of hydrogen-bond donors (Lipinski definition) is 1. The van der Waals surface area contributed by atoms with Crippen LogP contribution in [0.1, 0.15) is 42.6 Å². The number of nitrogens with zero attached hydrogens (tertiary/aromatic N) is 1. The van der Waals surface area contributed by atoms with Crippen molar-refractivity contribution in [3.05, 3.63) is 33.8 Å². The zero-order chi connectivity index (χ0) is 15.4. The summed E-state index contributed by atoms with van der Waals surface area (Å²) in [4.78, 5) is 15.0. The minimum atomic E-state index is 0.155. The molecular weight excluding hydrogens is 328 g/mol. The molecule has 21 heavy (non-hydrogen) atoms. The summed E-state index contributed by atoms with van der Waals surface area (Å²) < 4.78 is 0.999. The smallest absolute Gasteiger partial charge is 0.254 e. The van der Waals surface area contributed by atoms with Crippen molar-refractivity contribution in [1.82, 2.24) is 10.2 Å². The molecule has 1 aliphatic rings. The minimum absolute atomic E-state index is 0.155. The van der Waals surface area contributed by atoms with Gasteiger partial charge in [0.15, 0.2) is 0 Å².